The van der Waals surface area contributed by atoms with Gasteiger partial charge in [0.1, 0.15) is 5.69 Å². The minimum Gasteiger partial charge on any atom is -0.323 e. The molecule has 0 bridgehead atoms. The van der Waals surface area contributed by atoms with Gasteiger partial charge in [-0.1, -0.05) is 42.3 Å². The van der Waals surface area contributed by atoms with E-state index in [1.54, 1.807) is 17.5 Å². The first-order valence-corrected chi connectivity index (χ1v) is 8.66. The van der Waals surface area contributed by atoms with Crippen LogP contribution in [0.5, 0.6) is 0 Å². The first-order valence-electron chi connectivity index (χ1n) is 7.09. The van der Waals surface area contributed by atoms with Gasteiger partial charge in [0, 0.05) is 0 Å². The summed E-state index contributed by atoms with van der Waals surface area (Å²) in [5.41, 5.74) is 2.36. The van der Waals surface area contributed by atoms with Gasteiger partial charge in [0.25, 0.3) is 0 Å². The predicted octanol–water partition coefficient (Wildman–Crippen LogP) is 5.52. The van der Waals surface area contributed by atoms with Crippen LogP contribution in [0.15, 0.2) is 30.5 Å². The minimum atomic E-state index is 0.448. The molecule has 0 aliphatic rings. The third kappa shape index (κ3) is 3.47. The SMILES string of the molecule is CCc1nc(C)c(-c2nc(Nc3ccccc3Cl)ncc2Cl)s1. The van der Waals surface area contributed by atoms with Crippen molar-refractivity contribution in [3.8, 4) is 10.6 Å². The largest absolute Gasteiger partial charge is 0.323 e. The molecule has 118 valence electrons. The van der Waals surface area contributed by atoms with E-state index in [1.807, 2.05) is 31.2 Å². The van der Waals surface area contributed by atoms with Gasteiger partial charge < -0.3 is 5.32 Å². The van der Waals surface area contributed by atoms with E-state index in [-0.39, 0.29) is 0 Å². The summed E-state index contributed by atoms with van der Waals surface area (Å²) in [6.07, 6.45) is 2.48. The average molecular weight is 365 g/mol. The number of para-hydroxylation sites is 1. The number of thiazole rings is 1. The second kappa shape index (κ2) is 6.83. The highest BCUT2D eigenvalue weighted by molar-refractivity contribution is 7.15. The molecule has 0 amide bonds. The van der Waals surface area contributed by atoms with Gasteiger partial charge in [-0.15, -0.1) is 11.3 Å². The fourth-order valence-corrected chi connectivity index (χ4v) is 3.53. The number of nitrogens with zero attached hydrogens (tertiary/aromatic N) is 3. The van der Waals surface area contributed by atoms with E-state index in [4.69, 9.17) is 23.2 Å². The van der Waals surface area contributed by atoms with Gasteiger partial charge in [0.15, 0.2) is 0 Å². The Morgan fingerprint density at radius 3 is 2.61 bits per heavy atom. The molecule has 1 aromatic carbocycles. The molecular weight excluding hydrogens is 351 g/mol. The molecule has 0 unspecified atom stereocenters. The monoisotopic (exact) mass is 364 g/mol. The van der Waals surface area contributed by atoms with Crippen molar-refractivity contribution >= 4 is 46.2 Å². The maximum absolute atomic E-state index is 6.29. The molecule has 2 heterocycles. The quantitative estimate of drug-likeness (QED) is 0.661. The van der Waals surface area contributed by atoms with Crippen LogP contribution in [0.3, 0.4) is 0 Å². The van der Waals surface area contributed by atoms with Gasteiger partial charge in [-0.2, -0.15) is 0 Å². The Morgan fingerprint density at radius 2 is 1.91 bits per heavy atom. The molecule has 3 rings (SSSR count). The van der Waals surface area contributed by atoms with E-state index in [1.165, 1.54) is 0 Å². The molecule has 0 spiro atoms. The summed E-state index contributed by atoms with van der Waals surface area (Å²) in [5, 5.41) is 5.29. The normalized spacial score (nSPS) is 10.8. The lowest BCUT2D eigenvalue weighted by atomic mass is 10.3. The Bertz CT molecular complexity index is 848. The van der Waals surface area contributed by atoms with E-state index in [9.17, 15) is 0 Å². The van der Waals surface area contributed by atoms with E-state index in [0.29, 0.717) is 21.7 Å². The topological polar surface area (TPSA) is 50.7 Å². The zero-order valence-electron chi connectivity index (χ0n) is 12.6. The number of aromatic nitrogens is 3. The molecule has 0 aliphatic carbocycles. The van der Waals surface area contributed by atoms with Gasteiger partial charge in [-0.05, 0) is 25.5 Å². The number of halogens is 2. The van der Waals surface area contributed by atoms with Crippen LogP contribution in [-0.4, -0.2) is 15.0 Å². The molecule has 0 atom stereocenters. The summed E-state index contributed by atoms with van der Waals surface area (Å²) in [6.45, 7) is 4.04. The summed E-state index contributed by atoms with van der Waals surface area (Å²) >= 11 is 14.1. The van der Waals surface area contributed by atoms with Crippen LogP contribution in [-0.2, 0) is 6.42 Å². The van der Waals surface area contributed by atoms with Crippen LogP contribution >= 0.6 is 34.5 Å². The third-order valence-corrected chi connectivity index (χ3v) is 5.14. The molecule has 1 N–H and O–H groups in total. The Morgan fingerprint density at radius 1 is 1.13 bits per heavy atom. The number of nitrogens with one attached hydrogen (secondary N) is 1. The lowest BCUT2D eigenvalue weighted by Gasteiger charge is -2.08. The Balaban J connectivity index is 1.99. The Hall–Kier alpha value is -1.69. The van der Waals surface area contributed by atoms with Gasteiger partial charge >= 0.3 is 0 Å². The van der Waals surface area contributed by atoms with Crippen LogP contribution in [0.25, 0.3) is 10.6 Å². The van der Waals surface area contributed by atoms with Crippen LogP contribution in [0.4, 0.5) is 11.6 Å². The van der Waals surface area contributed by atoms with Crippen molar-refractivity contribution in [1.82, 2.24) is 15.0 Å². The predicted molar refractivity (Wildman–Crippen MR) is 97.0 cm³/mol. The van der Waals surface area contributed by atoms with E-state index < -0.39 is 0 Å². The van der Waals surface area contributed by atoms with E-state index >= 15 is 0 Å². The first kappa shape index (κ1) is 16.2. The molecule has 4 nitrogen and oxygen atoms in total. The van der Waals surface area contributed by atoms with Crippen LogP contribution < -0.4 is 5.32 Å². The molecule has 0 aliphatic heterocycles. The highest BCUT2D eigenvalue weighted by atomic mass is 35.5. The molecule has 23 heavy (non-hydrogen) atoms. The molecule has 0 saturated carbocycles. The van der Waals surface area contributed by atoms with Crippen molar-refractivity contribution in [2.45, 2.75) is 20.3 Å². The first-order chi connectivity index (χ1) is 11.1. The molecule has 0 saturated heterocycles. The number of hydrogen-bond donors (Lipinski definition) is 1. The van der Waals surface area contributed by atoms with Crippen molar-refractivity contribution in [3.05, 3.63) is 51.2 Å². The van der Waals surface area contributed by atoms with Crippen molar-refractivity contribution in [1.29, 1.82) is 0 Å². The van der Waals surface area contributed by atoms with Crippen LogP contribution in [0.1, 0.15) is 17.6 Å². The second-order valence-electron chi connectivity index (χ2n) is 4.87. The zero-order valence-corrected chi connectivity index (χ0v) is 14.9. The van der Waals surface area contributed by atoms with Crippen molar-refractivity contribution < 1.29 is 0 Å². The minimum absolute atomic E-state index is 0.448. The highest BCUT2D eigenvalue weighted by Gasteiger charge is 2.15. The van der Waals surface area contributed by atoms with Gasteiger partial charge in [0.2, 0.25) is 5.95 Å². The van der Waals surface area contributed by atoms with Gasteiger partial charge in [-0.3, -0.25) is 0 Å². The second-order valence-corrected chi connectivity index (χ2v) is 6.77. The van der Waals surface area contributed by atoms with Crippen molar-refractivity contribution in [2.24, 2.45) is 0 Å². The molecule has 3 aromatic rings. The average Bonchev–Trinajstić information content (AvgIpc) is 2.92. The van der Waals surface area contributed by atoms with Gasteiger partial charge in [0.05, 0.1) is 37.5 Å². The summed E-state index contributed by atoms with van der Waals surface area (Å²) in [7, 11) is 0. The maximum Gasteiger partial charge on any atom is 0.227 e. The number of benzene rings is 1. The lowest BCUT2D eigenvalue weighted by Crippen LogP contribution is -1.99. The Labute approximate surface area is 148 Å². The molecule has 0 radical (unpaired) electrons. The molecular formula is C16H14Cl2N4S. The fraction of sp³-hybridized carbons (Fsp3) is 0.188. The fourth-order valence-electron chi connectivity index (χ4n) is 2.09. The number of hydrogen-bond acceptors (Lipinski definition) is 5. The molecule has 2 aromatic heterocycles. The number of aryl methyl sites for hydroxylation is 2. The van der Waals surface area contributed by atoms with E-state index in [0.717, 1.165) is 27.7 Å². The van der Waals surface area contributed by atoms with E-state index in [2.05, 4.69) is 27.2 Å². The smallest absolute Gasteiger partial charge is 0.227 e. The number of anilines is 2. The molecule has 0 fully saturated rings. The highest BCUT2D eigenvalue weighted by Crippen LogP contribution is 2.34. The Kier molecular flexibility index (Phi) is 4.80. The summed E-state index contributed by atoms with van der Waals surface area (Å²) in [4.78, 5) is 14.3. The maximum atomic E-state index is 6.29. The summed E-state index contributed by atoms with van der Waals surface area (Å²) in [6, 6.07) is 7.44. The van der Waals surface area contributed by atoms with Crippen LogP contribution in [0, 0.1) is 6.92 Å². The summed E-state index contributed by atoms with van der Waals surface area (Å²) < 4.78 is 0. The van der Waals surface area contributed by atoms with Gasteiger partial charge in [-0.25, -0.2) is 15.0 Å². The standard InChI is InChI=1S/C16H14Cl2N4S/c1-3-13-20-9(2)15(23-13)14-11(18)8-19-16(22-14)21-12-7-5-4-6-10(12)17/h4-8H,3H2,1-2H3,(H,19,21,22). The third-order valence-electron chi connectivity index (χ3n) is 3.22. The zero-order chi connectivity index (χ0) is 16.4. The number of rotatable bonds is 4. The molecule has 7 heteroatoms. The van der Waals surface area contributed by atoms with Crippen molar-refractivity contribution in [2.75, 3.05) is 5.32 Å². The van der Waals surface area contributed by atoms with Crippen molar-refractivity contribution in [3.63, 3.8) is 0 Å². The van der Waals surface area contributed by atoms with Crippen LogP contribution in [0.2, 0.25) is 10.0 Å². The summed E-state index contributed by atoms with van der Waals surface area (Å²) in [5.74, 6) is 0.448. The lowest BCUT2D eigenvalue weighted by molar-refractivity contribution is 1.07.